The van der Waals surface area contributed by atoms with Crippen LogP contribution in [0.5, 0.6) is 0 Å². The molecule has 0 saturated heterocycles. The smallest absolute Gasteiger partial charge is 0.252 e. The van der Waals surface area contributed by atoms with Gasteiger partial charge >= 0.3 is 0 Å². The first-order chi connectivity index (χ1) is 8.58. The molecule has 1 aromatic carbocycles. The maximum absolute atomic E-state index is 11.9. The number of fused-ring (bicyclic) bond motifs is 1. The van der Waals surface area contributed by atoms with Crippen LogP contribution in [0.15, 0.2) is 24.3 Å². The summed E-state index contributed by atoms with van der Waals surface area (Å²) in [5.41, 5.74) is 1.67. The lowest BCUT2D eigenvalue weighted by molar-refractivity contribution is -0.119. The minimum absolute atomic E-state index is 0.0627. The number of Topliss-reactive ketones (excluding diaryl/α,β-unsaturated/α-hetero) is 1. The van der Waals surface area contributed by atoms with Crippen molar-refractivity contribution >= 4 is 11.7 Å². The van der Waals surface area contributed by atoms with E-state index in [-0.39, 0.29) is 17.7 Å². The maximum Gasteiger partial charge on any atom is 0.252 e. The van der Waals surface area contributed by atoms with Gasteiger partial charge in [0.25, 0.3) is 5.91 Å². The van der Waals surface area contributed by atoms with E-state index < -0.39 is 0 Å². The molecule has 1 aliphatic rings. The quantitative estimate of drug-likeness (QED) is 0.867. The van der Waals surface area contributed by atoms with E-state index in [0.717, 1.165) is 12.0 Å². The van der Waals surface area contributed by atoms with Crippen LogP contribution in [0.3, 0.4) is 0 Å². The van der Waals surface area contributed by atoms with Gasteiger partial charge in [0.2, 0.25) is 0 Å². The molecule has 1 N–H and O–H groups in total. The van der Waals surface area contributed by atoms with E-state index >= 15 is 0 Å². The van der Waals surface area contributed by atoms with Crippen molar-refractivity contribution in [3.05, 3.63) is 35.4 Å². The number of benzene rings is 1. The predicted octanol–water partition coefficient (Wildman–Crippen LogP) is 2.87. The van der Waals surface area contributed by atoms with Gasteiger partial charge < -0.3 is 5.32 Å². The fourth-order valence-electron chi connectivity index (χ4n) is 2.26. The van der Waals surface area contributed by atoms with Gasteiger partial charge in [-0.25, -0.2) is 0 Å². The van der Waals surface area contributed by atoms with Crippen molar-refractivity contribution in [3.8, 4) is 0 Å². The van der Waals surface area contributed by atoms with Crippen molar-refractivity contribution in [2.75, 3.05) is 0 Å². The minimum atomic E-state index is -0.131. The summed E-state index contributed by atoms with van der Waals surface area (Å²) in [4.78, 5) is 23.6. The summed E-state index contributed by atoms with van der Waals surface area (Å²) in [6, 6.07) is 7.36. The summed E-state index contributed by atoms with van der Waals surface area (Å²) in [5, 5.41) is 2.88. The topological polar surface area (TPSA) is 46.2 Å². The van der Waals surface area contributed by atoms with Crippen LogP contribution in [0, 0.1) is 5.92 Å². The highest BCUT2D eigenvalue weighted by Gasteiger charge is 2.29. The molecule has 2 rings (SSSR count). The lowest BCUT2D eigenvalue weighted by Crippen LogP contribution is -2.21. The number of carbonyl (C=O) groups is 2. The molecule has 1 aliphatic heterocycles. The largest absolute Gasteiger partial charge is 0.345 e. The molecule has 0 radical (unpaired) electrons. The van der Waals surface area contributed by atoms with Gasteiger partial charge in [-0.15, -0.1) is 0 Å². The molecule has 18 heavy (non-hydrogen) atoms. The van der Waals surface area contributed by atoms with Gasteiger partial charge in [-0.2, -0.15) is 0 Å². The van der Waals surface area contributed by atoms with E-state index in [4.69, 9.17) is 0 Å². The van der Waals surface area contributed by atoms with Crippen LogP contribution in [0.25, 0.3) is 0 Å². The van der Waals surface area contributed by atoms with E-state index in [0.29, 0.717) is 24.3 Å². The Balaban J connectivity index is 2.00. The highest BCUT2D eigenvalue weighted by molar-refractivity contribution is 5.99. The number of carbonyl (C=O) groups excluding carboxylic acids is 2. The van der Waals surface area contributed by atoms with Crippen LogP contribution in [-0.2, 0) is 4.79 Å². The molecular formula is C15H19NO2. The van der Waals surface area contributed by atoms with E-state index in [9.17, 15) is 9.59 Å². The molecule has 0 aliphatic carbocycles. The van der Waals surface area contributed by atoms with Crippen LogP contribution < -0.4 is 5.32 Å². The monoisotopic (exact) mass is 245 g/mol. The van der Waals surface area contributed by atoms with Crippen molar-refractivity contribution in [2.45, 2.75) is 39.2 Å². The van der Waals surface area contributed by atoms with Gasteiger partial charge in [-0.05, 0) is 24.0 Å². The molecule has 1 atom stereocenters. The van der Waals surface area contributed by atoms with Gasteiger partial charge in [0.1, 0.15) is 5.78 Å². The third-order valence-electron chi connectivity index (χ3n) is 3.32. The van der Waals surface area contributed by atoms with Gasteiger partial charge in [-0.1, -0.05) is 32.0 Å². The molecule has 0 spiro atoms. The molecule has 0 fully saturated rings. The Bertz CT molecular complexity index is 465. The van der Waals surface area contributed by atoms with Crippen LogP contribution in [0.4, 0.5) is 0 Å². The van der Waals surface area contributed by atoms with Gasteiger partial charge in [0.05, 0.1) is 6.04 Å². The Morgan fingerprint density at radius 2 is 2.06 bits per heavy atom. The first kappa shape index (κ1) is 12.8. The fourth-order valence-corrected chi connectivity index (χ4v) is 2.26. The second kappa shape index (κ2) is 5.34. The van der Waals surface area contributed by atoms with E-state index in [2.05, 4.69) is 19.2 Å². The average Bonchev–Trinajstić information content (AvgIpc) is 2.65. The molecule has 0 aromatic heterocycles. The first-order valence-electron chi connectivity index (χ1n) is 6.49. The molecule has 96 valence electrons. The summed E-state index contributed by atoms with van der Waals surface area (Å²) in [5.74, 6) is 0.706. The molecule has 1 unspecified atom stereocenters. The first-order valence-corrected chi connectivity index (χ1v) is 6.49. The number of nitrogens with one attached hydrogen (secondary N) is 1. The van der Waals surface area contributed by atoms with Gasteiger partial charge in [0, 0.05) is 18.4 Å². The Morgan fingerprint density at radius 1 is 1.33 bits per heavy atom. The van der Waals surface area contributed by atoms with Crippen LogP contribution in [0.1, 0.15) is 55.1 Å². The van der Waals surface area contributed by atoms with Gasteiger partial charge in [-0.3, -0.25) is 9.59 Å². The normalized spacial score (nSPS) is 17.7. The zero-order chi connectivity index (χ0) is 13.1. The summed E-state index contributed by atoms with van der Waals surface area (Å²) in [6.07, 6.45) is 1.93. The summed E-state index contributed by atoms with van der Waals surface area (Å²) in [7, 11) is 0. The third-order valence-corrected chi connectivity index (χ3v) is 3.32. The molecule has 0 saturated carbocycles. The molecule has 1 aromatic rings. The second-order valence-electron chi connectivity index (χ2n) is 5.29. The Morgan fingerprint density at radius 3 is 2.78 bits per heavy atom. The van der Waals surface area contributed by atoms with Crippen LogP contribution >= 0.6 is 0 Å². The number of rotatable bonds is 5. The summed E-state index contributed by atoms with van der Waals surface area (Å²) in [6.45, 7) is 4.22. The third kappa shape index (κ3) is 2.78. The lowest BCUT2D eigenvalue weighted by atomic mass is 9.97. The molecular weight excluding hydrogens is 226 g/mol. The Hall–Kier alpha value is -1.64. The molecule has 1 heterocycles. The number of hydrogen-bond donors (Lipinski definition) is 1. The van der Waals surface area contributed by atoms with Crippen molar-refractivity contribution in [2.24, 2.45) is 5.92 Å². The number of ketones is 1. The number of amides is 1. The minimum Gasteiger partial charge on any atom is -0.345 e. The van der Waals surface area contributed by atoms with Crippen molar-refractivity contribution in [3.63, 3.8) is 0 Å². The van der Waals surface area contributed by atoms with Crippen molar-refractivity contribution in [1.82, 2.24) is 5.32 Å². The molecule has 0 bridgehead atoms. The predicted molar refractivity (Wildman–Crippen MR) is 70.3 cm³/mol. The van der Waals surface area contributed by atoms with E-state index in [1.165, 1.54) is 0 Å². The van der Waals surface area contributed by atoms with Gasteiger partial charge in [0.15, 0.2) is 0 Å². The van der Waals surface area contributed by atoms with Crippen LogP contribution in [-0.4, -0.2) is 11.7 Å². The summed E-state index contributed by atoms with van der Waals surface area (Å²) < 4.78 is 0. The standard InChI is InChI=1S/C15H19NO2/c1-10(2)7-8-11(17)9-14-12-5-3-4-6-13(12)15(18)16-14/h3-6,10,14H,7-9H2,1-2H3,(H,16,18). The lowest BCUT2D eigenvalue weighted by Gasteiger charge is -2.11. The molecule has 3 nitrogen and oxygen atoms in total. The van der Waals surface area contributed by atoms with Crippen molar-refractivity contribution < 1.29 is 9.59 Å². The average molecular weight is 245 g/mol. The van der Waals surface area contributed by atoms with E-state index in [1.807, 2.05) is 24.3 Å². The highest BCUT2D eigenvalue weighted by atomic mass is 16.2. The fraction of sp³-hybridized carbons (Fsp3) is 0.467. The Labute approximate surface area is 108 Å². The zero-order valence-corrected chi connectivity index (χ0v) is 10.9. The second-order valence-corrected chi connectivity index (χ2v) is 5.29. The van der Waals surface area contributed by atoms with E-state index in [1.54, 1.807) is 0 Å². The SMILES string of the molecule is CC(C)CCC(=O)CC1NC(=O)c2ccccc21. The van der Waals surface area contributed by atoms with Crippen molar-refractivity contribution in [1.29, 1.82) is 0 Å². The molecule has 1 amide bonds. The van der Waals surface area contributed by atoms with Crippen LogP contribution in [0.2, 0.25) is 0 Å². The summed E-state index contributed by atoms with van der Waals surface area (Å²) >= 11 is 0. The number of hydrogen-bond acceptors (Lipinski definition) is 2. The Kier molecular flexibility index (Phi) is 3.80. The highest BCUT2D eigenvalue weighted by Crippen LogP contribution is 2.28. The zero-order valence-electron chi connectivity index (χ0n) is 10.9. The molecule has 3 heteroatoms. The maximum atomic E-state index is 11.9.